The summed E-state index contributed by atoms with van der Waals surface area (Å²) < 4.78 is 14.0. The number of carbonyl (C=O) groups excluding carboxylic acids is 1. The van der Waals surface area contributed by atoms with Gasteiger partial charge in [0.05, 0.1) is 24.9 Å². The third-order valence-corrected chi connectivity index (χ3v) is 4.85. The quantitative estimate of drug-likeness (QED) is 0.624. The number of methoxy groups -OCH3 is 1. The Kier molecular flexibility index (Phi) is 5.03. The molecule has 0 unspecified atom stereocenters. The maximum atomic E-state index is 12.8. The zero-order valence-corrected chi connectivity index (χ0v) is 16.2. The first-order valence-corrected chi connectivity index (χ1v) is 9.17. The molecule has 0 atom stereocenters. The molecule has 1 aliphatic rings. The van der Waals surface area contributed by atoms with Crippen LogP contribution in [0.15, 0.2) is 53.6 Å². The lowest BCUT2D eigenvalue weighted by atomic mass is 10.1. The van der Waals surface area contributed by atoms with Crippen LogP contribution in [0.4, 0.5) is 0 Å². The van der Waals surface area contributed by atoms with E-state index in [2.05, 4.69) is 10.3 Å². The minimum absolute atomic E-state index is 0.0513. The van der Waals surface area contributed by atoms with Crippen LogP contribution in [0.2, 0.25) is 0 Å². The molecule has 1 aliphatic heterocycles. The second kappa shape index (κ2) is 7.78. The Bertz CT molecular complexity index is 1070. The minimum atomic E-state index is -0.229. The lowest BCUT2D eigenvalue weighted by Gasteiger charge is -2.39. The van der Waals surface area contributed by atoms with E-state index in [1.807, 2.05) is 36.5 Å². The van der Waals surface area contributed by atoms with E-state index < -0.39 is 0 Å². The Balaban J connectivity index is 1.37. The lowest BCUT2D eigenvalue weighted by molar-refractivity contribution is 0.0494. The molecule has 9 heteroatoms. The van der Waals surface area contributed by atoms with Gasteiger partial charge in [0.15, 0.2) is 0 Å². The predicted octanol–water partition coefficient (Wildman–Crippen LogP) is 1.26. The normalized spacial score (nSPS) is 13.8. The van der Waals surface area contributed by atoms with Crippen molar-refractivity contribution in [2.45, 2.75) is 12.6 Å². The van der Waals surface area contributed by atoms with Crippen LogP contribution in [0, 0.1) is 0 Å². The maximum Gasteiger partial charge on any atom is 0.259 e. The molecule has 0 saturated carbocycles. The zero-order chi connectivity index (χ0) is 20.4. The van der Waals surface area contributed by atoms with E-state index in [9.17, 15) is 9.59 Å². The highest BCUT2D eigenvalue weighted by Gasteiger charge is 2.34. The summed E-state index contributed by atoms with van der Waals surface area (Å²) in [6, 6.07) is 10.9. The van der Waals surface area contributed by atoms with E-state index in [1.54, 1.807) is 16.6 Å². The molecule has 2 aromatic heterocycles. The fourth-order valence-electron chi connectivity index (χ4n) is 3.13. The highest BCUT2D eigenvalue weighted by molar-refractivity contribution is 5.97. The molecule has 0 bridgehead atoms. The Morgan fingerprint density at radius 2 is 1.97 bits per heavy atom. The Labute approximate surface area is 167 Å². The number of pyridine rings is 1. The SMILES string of the molecule is COc1cc(=O)n(C)cc1C(=O)N1CC(n2cc(COc3ccccc3)nn2)C1. The number of aromatic nitrogens is 4. The van der Waals surface area contributed by atoms with Gasteiger partial charge in [-0.05, 0) is 12.1 Å². The monoisotopic (exact) mass is 395 g/mol. The van der Waals surface area contributed by atoms with Crippen LogP contribution in [-0.4, -0.2) is 50.6 Å². The van der Waals surface area contributed by atoms with Crippen molar-refractivity contribution in [3.8, 4) is 11.5 Å². The molecule has 1 aromatic carbocycles. The molecule has 1 fully saturated rings. The van der Waals surface area contributed by atoms with Gasteiger partial charge < -0.3 is 18.9 Å². The molecule has 9 nitrogen and oxygen atoms in total. The number of hydrogen-bond donors (Lipinski definition) is 0. The van der Waals surface area contributed by atoms with E-state index in [1.165, 1.54) is 23.9 Å². The molecule has 0 radical (unpaired) electrons. The Hall–Kier alpha value is -3.62. The van der Waals surface area contributed by atoms with Crippen molar-refractivity contribution in [3.05, 3.63) is 70.4 Å². The molecule has 3 aromatic rings. The molecular formula is C20H21N5O4. The van der Waals surface area contributed by atoms with Gasteiger partial charge >= 0.3 is 0 Å². The summed E-state index contributed by atoms with van der Waals surface area (Å²) in [5.41, 5.74) is 0.856. The largest absolute Gasteiger partial charge is 0.496 e. The molecule has 0 spiro atoms. The number of para-hydroxylation sites is 1. The number of ether oxygens (including phenoxy) is 2. The predicted molar refractivity (Wildman–Crippen MR) is 104 cm³/mol. The first-order chi connectivity index (χ1) is 14.0. The average Bonchev–Trinajstić information content (AvgIpc) is 3.16. The third-order valence-electron chi connectivity index (χ3n) is 4.85. The van der Waals surface area contributed by atoms with Gasteiger partial charge in [-0.3, -0.25) is 9.59 Å². The van der Waals surface area contributed by atoms with E-state index in [-0.39, 0.29) is 23.3 Å². The summed E-state index contributed by atoms with van der Waals surface area (Å²) in [5, 5.41) is 8.29. The van der Waals surface area contributed by atoms with Gasteiger partial charge in [-0.25, -0.2) is 4.68 Å². The summed E-state index contributed by atoms with van der Waals surface area (Å²) in [7, 11) is 3.05. The van der Waals surface area contributed by atoms with Crippen molar-refractivity contribution < 1.29 is 14.3 Å². The van der Waals surface area contributed by atoms with E-state index >= 15 is 0 Å². The molecule has 3 heterocycles. The first-order valence-electron chi connectivity index (χ1n) is 9.17. The van der Waals surface area contributed by atoms with Gasteiger partial charge in [-0.15, -0.1) is 5.10 Å². The summed E-state index contributed by atoms with van der Waals surface area (Å²) in [5.74, 6) is 0.873. The van der Waals surface area contributed by atoms with Crippen molar-refractivity contribution in [1.82, 2.24) is 24.5 Å². The lowest BCUT2D eigenvalue weighted by Crippen LogP contribution is -2.51. The highest BCUT2D eigenvalue weighted by atomic mass is 16.5. The van der Waals surface area contributed by atoms with Crippen molar-refractivity contribution in [2.75, 3.05) is 20.2 Å². The number of nitrogens with zero attached hydrogens (tertiary/aromatic N) is 5. The van der Waals surface area contributed by atoms with Crippen LogP contribution in [0.5, 0.6) is 11.5 Å². The molecule has 4 rings (SSSR count). The van der Waals surface area contributed by atoms with Crippen molar-refractivity contribution in [3.63, 3.8) is 0 Å². The smallest absolute Gasteiger partial charge is 0.259 e. The minimum Gasteiger partial charge on any atom is -0.496 e. The summed E-state index contributed by atoms with van der Waals surface area (Å²) in [6.45, 7) is 1.34. The van der Waals surface area contributed by atoms with Gasteiger partial charge in [0.1, 0.15) is 23.8 Å². The van der Waals surface area contributed by atoms with Crippen LogP contribution in [0.1, 0.15) is 22.1 Å². The second-order valence-electron chi connectivity index (χ2n) is 6.86. The molecule has 1 amide bonds. The van der Waals surface area contributed by atoms with Crippen molar-refractivity contribution in [1.29, 1.82) is 0 Å². The van der Waals surface area contributed by atoms with Crippen LogP contribution < -0.4 is 15.0 Å². The number of hydrogen-bond acceptors (Lipinski definition) is 6. The number of rotatable bonds is 6. The average molecular weight is 395 g/mol. The second-order valence-corrected chi connectivity index (χ2v) is 6.86. The summed E-state index contributed by atoms with van der Waals surface area (Å²) >= 11 is 0. The van der Waals surface area contributed by atoms with Gasteiger partial charge in [0.2, 0.25) is 0 Å². The zero-order valence-electron chi connectivity index (χ0n) is 16.2. The van der Waals surface area contributed by atoms with E-state index in [0.717, 1.165) is 11.4 Å². The summed E-state index contributed by atoms with van der Waals surface area (Å²) in [4.78, 5) is 26.2. The van der Waals surface area contributed by atoms with Gasteiger partial charge in [0.25, 0.3) is 11.5 Å². The van der Waals surface area contributed by atoms with E-state index in [0.29, 0.717) is 25.3 Å². The number of aryl methyl sites for hydroxylation is 1. The van der Waals surface area contributed by atoms with Crippen molar-refractivity contribution in [2.24, 2.45) is 7.05 Å². The highest BCUT2D eigenvalue weighted by Crippen LogP contribution is 2.25. The Morgan fingerprint density at radius 1 is 1.21 bits per heavy atom. The van der Waals surface area contributed by atoms with Crippen LogP contribution >= 0.6 is 0 Å². The molecular weight excluding hydrogens is 374 g/mol. The Morgan fingerprint density at radius 3 is 2.69 bits per heavy atom. The molecule has 150 valence electrons. The topological polar surface area (TPSA) is 91.5 Å². The number of likely N-dealkylation sites (tertiary alicyclic amines) is 1. The molecule has 1 saturated heterocycles. The number of carbonyl (C=O) groups is 1. The molecule has 29 heavy (non-hydrogen) atoms. The fourth-order valence-corrected chi connectivity index (χ4v) is 3.13. The van der Waals surface area contributed by atoms with Crippen molar-refractivity contribution >= 4 is 5.91 Å². The standard InChI is InChI=1S/C20H21N5O4/c1-23-12-17(18(28-2)8-19(23)26)20(27)24-10-15(11-24)25-9-14(21-22-25)13-29-16-6-4-3-5-7-16/h3-9,12,15H,10-11,13H2,1-2H3. The number of benzene rings is 1. The maximum absolute atomic E-state index is 12.8. The third kappa shape index (κ3) is 3.84. The molecule has 0 aliphatic carbocycles. The fraction of sp³-hybridized carbons (Fsp3) is 0.300. The van der Waals surface area contributed by atoms with E-state index in [4.69, 9.17) is 9.47 Å². The van der Waals surface area contributed by atoms with Crippen LogP contribution in [0.25, 0.3) is 0 Å². The first kappa shape index (κ1) is 18.7. The van der Waals surface area contributed by atoms with Gasteiger partial charge in [0, 0.05) is 32.4 Å². The van der Waals surface area contributed by atoms with Gasteiger partial charge in [-0.2, -0.15) is 0 Å². The summed E-state index contributed by atoms with van der Waals surface area (Å²) in [6.07, 6.45) is 3.34. The van der Waals surface area contributed by atoms with Crippen LogP contribution in [-0.2, 0) is 13.7 Å². The van der Waals surface area contributed by atoms with Crippen LogP contribution in [0.3, 0.4) is 0 Å². The van der Waals surface area contributed by atoms with Gasteiger partial charge in [-0.1, -0.05) is 23.4 Å². The molecule has 0 N–H and O–H groups in total. The number of amides is 1.